The fraction of sp³-hybridized carbons (Fsp3) is 0.652. The maximum Gasteiger partial charge on any atom is 0.494 e. The Bertz CT molecular complexity index is 788. The molecule has 0 N–H and O–H groups in total. The molecule has 1 aliphatic rings. The molecule has 0 saturated carbocycles. The minimum Gasteiger partial charge on any atom is -0.445 e. The predicted molar refractivity (Wildman–Crippen MR) is 124 cm³/mol. The average molecular weight is 448 g/mol. The molecule has 1 heterocycles. The maximum absolute atomic E-state index is 12.3. The van der Waals surface area contributed by atoms with Crippen LogP contribution in [0.5, 0.6) is 0 Å². The molecule has 0 radical (unpaired) electrons. The van der Waals surface area contributed by atoms with Gasteiger partial charge in [0.25, 0.3) is 0 Å². The molecule has 0 bridgehead atoms. The molecule has 1 aromatic rings. The molecule has 2 rings (SSSR count). The topological polar surface area (TPSA) is 77.5 Å². The van der Waals surface area contributed by atoms with E-state index in [2.05, 4.69) is 0 Å². The van der Waals surface area contributed by atoms with Crippen LogP contribution in [0.25, 0.3) is 0 Å². The van der Waals surface area contributed by atoms with E-state index in [0.717, 1.165) is 11.0 Å². The second-order valence-electron chi connectivity index (χ2n) is 10.2. The quantitative estimate of drug-likeness (QED) is 0.621. The molecule has 1 aliphatic heterocycles. The van der Waals surface area contributed by atoms with E-state index < -0.39 is 36.1 Å². The molecule has 1 fully saturated rings. The Balaban J connectivity index is 1.80. The van der Waals surface area contributed by atoms with Gasteiger partial charge in [0.15, 0.2) is 0 Å². The first-order valence-electron chi connectivity index (χ1n) is 10.9. The molecular formula is C23H37BN2O6. The molecule has 9 heteroatoms. The molecule has 178 valence electrons. The van der Waals surface area contributed by atoms with Crippen LogP contribution in [0.15, 0.2) is 24.3 Å². The zero-order chi connectivity index (χ0) is 24.3. The van der Waals surface area contributed by atoms with Crippen LogP contribution >= 0.6 is 0 Å². The number of amides is 2. The molecule has 0 aromatic heterocycles. The van der Waals surface area contributed by atoms with E-state index in [1.807, 2.05) is 72.7 Å². The van der Waals surface area contributed by atoms with Crippen molar-refractivity contribution in [2.75, 3.05) is 27.2 Å². The maximum atomic E-state index is 12.3. The summed E-state index contributed by atoms with van der Waals surface area (Å²) in [6, 6.07) is 7.63. The number of likely N-dealkylation sites (N-methyl/N-ethyl adjacent to an activating group) is 2. The van der Waals surface area contributed by atoms with Crippen molar-refractivity contribution in [3.8, 4) is 0 Å². The van der Waals surface area contributed by atoms with E-state index in [1.165, 1.54) is 9.80 Å². The van der Waals surface area contributed by atoms with Crippen LogP contribution in [-0.2, 0) is 25.4 Å². The fourth-order valence-electron chi connectivity index (χ4n) is 2.83. The average Bonchev–Trinajstić information content (AvgIpc) is 2.90. The van der Waals surface area contributed by atoms with E-state index >= 15 is 0 Å². The van der Waals surface area contributed by atoms with Crippen molar-refractivity contribution in [2.45, 2.75) is 71.9 Å². The molecule has 8 nitrogen and oxygen atoms in total. The molecule has 32 heavy (non-hydrogen) atoms. The van der Waals surface area contributed by atoms with Gasteiger partial charge in [0.05, 0.1) is 11.2 Å². The first-order chi connectivity index (χ1) is 14.6. The Morgan fingerprint density at radius 2 is 1.38 bits per heavy atom. The Kier molecular flexibility index (Phi) is 7.89. The SMILES string of the molecule is CN(CCN(C)C(=O)OC(C)(C)C)C(=O)OCc1ccc(B2OC(C)(C)C(C)(C)O2)cc1. The van der Waals surface area contributed by atoms with Gasteiger partial charge in [-0.25, -0.2) is 9.59 Å². The lowest BCUT2D eigenvalue weighted by Gasteiger charge is -2.32. The molecular weight excluding hydrogens is 411 g/mol. The summed E-state index contributed by atoms with van der Waals surface area (Å²) in [5.41, 5.74) is 0.426. The van der Waals surface area contributed by atoms with Crippen molar-refractivity contribution in [3.05, 3.63) is 29.8 Å². The summed E-state index contributed by atoms with van der Waals surface area (Å²) in [5.74, 6) is 0. The number of nitrogens with zero attached hydrogens (tertiary/aromatic N) is 2. The summed E-state index contributed by atoms with van der Waals surface area (Å²) in [6.45, 7) is 14.3. The number of benzene rings is 1. The fourth-order valence-corrected chi connectivity index (χ4v) is 2.83. The van der Waals surface area contributed by atoms with Crippen LogP contribution in [0, 0.1) is 0 Å². The Morgan fingerprint density at radius 3 is 1.84 bits per heavy atom. The third-order valence-corrected chi connectivity index (χ3v) is 5.66. The van der Waals surface area contributed by atoms with Crippen molar-refractivity contribution in [1.82, 2.24) is 9.80 Å². The van der Waals surface area contributed by atoms with Crippen LogP contribution in [0.2, 0.25) is 0 Å². The van der Waals surface area contributed by atoms with Gasteiger partial charge in [0.2, 0.25) is 0 Å². The number of ether oxygens (including phenoxy) is 2. The van der Waals surface area contributed by atoms with Gasteiger partial charge in [-0.3, -0.25) is 0 Å². The van der Waals surface area contributed by atoms with E-state index in [1.54, 1.807) is 14.1 Å². The zero-order valence-electron chi connectivity index (χ0n) is 20.9. The van der Waals surface area contributed by atoms with Gasteiger partial charge in [-0.1, -0.05) is 24.3 Å². The number of hydrogen-bond donors (Lipinski definition) is 0. The summed E-state index contributed by atoms with van der Waals surface area (Å²) in [7, 11) is 2.84. The van der Waals surface area contributed by atoms with Crippen molar-refractivity contribution in [1.29, 1.82) is 0 Å². The van der Waals surface area contributed by atoms with Gasteiger partial charge >= 0.3 is 19.3 Å². The third kappa shape index (κ3) is 6.87. The highest BCUT2D eigenvalue weighted by Crippen LogP contribution is 2.36. The first kappa shape index (κ1) is 26.0. The minimum absolute atomic E-state index is 0.148. The summed E-state index contributed by atoms with van der Waals surface area (Å²) < 4.78 is 22.8. The van der Waals surface area contributed by atoms with E-state index in [4.69, 9.17) is 18.8 Å². The summed E-state index contributed by atoms with van der Waals surface area (Å²) >= 11 is 0. The number of rotatable bonds is 6. The molecule has 0 unspecified atom stereocenters. The predicted octanol–water partition coefficient (Wildman–Crippen LogP) is 3.42. The summed E-state index contributed by atoms with van der Waals surface area (Å²) in [5, 5.41) is 0. The highest BCUT2D eigenvalue weighted by molar-refractivity contribution is 6.62. The Hall–Kier alpha value is -2.26. The van der Waals surface area contributed by atoms with Crippen molar-refractivity contribution in [3.63, 3.8) is 0 Å². The second kappa shape index (κ2) is 9.71. The van der Waals surface area contributed by atoms with Gasteiger partial charge in [0.1, 0.15) is 12.2 Å². The van der Waals surface area contributed by atoms with Crippen molar-refractivity contribution in [2.24, 2.45) is 0 Å². The van der Waals surface area contributed by atoms with Gasteiger partial charge in [0, 0.05) is 27.2 Å². The lowest BCUT2D eigenvalue weighted by Crippen LogP contribution is -2.41. The second-order valence-corrected chi connectivity index (χ2v) is 10.2. The monoisotopic (exact) mass is 448 g/mol. The van der Waals surface area contributed by atoms with E-state index in [-0.39, 0.29) is 6.61 Å². The number of carbonyl (C=O) groups is 2. The smallest absolute Gasteiger partial charge is 0.445 e. The van der Waals surface area contributed by atoms with Crippen molar-refractivity contribution >= 4 is 24.8 Å². The van der Waals surface area contributed by atoms with Crippen LogP contribution in [-0.4, -0.2) is 73.1 Å². The van der Waals surface area contributed by atoms with Gasteiger partial charge in [-0.05, 0) is 59.5 Å². The number of carbonyl (C=O) groups excluding carboxylic acids is 2. The van der Waals surface area contributed by atoms with Crippen LogP contribution < -0.4 is 5.46 Å². The van der Waals surface area contributed by atoms with E-state index in [0.29, 0.717) is 13.1 Å². The first-order valence-corrected chi connectivity index (χ1v) is 10.9. The minimum atomic E-state index is -0.561. The van der Waals surface area contributed by atoms with Crippen LogP contribution in [0.1, 0.15) is 54.0 Å². The largest absolute Gasteiger partial charge is 0.494 e. The summed E-state index contributed by atoms with van der Waals surface area (Å²) in [4.78, 5) is 27.1. The highest BCUT2D eigenvalue weighted by atomic mass is 16.7. The Labute approximate surface area is 192 Å². The number of hydrogen-bond acceptors (Lipinski definition) is 6. The molecule has 0 aliphatic carbocycles. The normalized spacial score (nSPS) is 17.1. The molecule has 1 saturated heterocycles. The van der Waals surface area contributed by atoms with Crippen molar-refractivity contribution < 1.29 is 28.4 Å². The highest BCUT2D eigenvalue weighted by Gasteiger charge is 2.51. The molecule has 0 spiro atoms. The van der Waals surface area contributed by atoms with Gasteiger partial charge in [-0.15, -0.1) is 0 Å². The van der Waals surface area contributed by atoms with Crippen LogP contribution in [0.4, 0.5) is 9.59 Å². The lowest BCUT2D eigenvalue weighted by atomic mass is 9.79. The standard InChI is InChI=1S/C23H37BN2O6/c1-21(2,3)30-20(28)26(9)15-14-25(8)19(27)29-16-17-10-12-18(13-11-17)24-31-22(4,5)23(6,7)32-24/h10-13H,14-16H2,1-9H3. The molecule has 1 aromatic carbocycles. The van der Waals surface area contributed by atoms with Crippen LogP contribution in [0.3, 0.4) is 0 Å². The molecule has 2 amide bonds. The Morgan fingerprint density at radius 1 is 0.906 bits per heavy atom. The van der Waals surface area contributed by atoms with Gasteiger partial charge < -0.3 is 28.6 Å². The lowest BCUT2D eigenvalue weighted by molar-refractivity contribution is 0.00578. The summed E-state index contributed by atoms with van der Waals surface area (Å²) in [6.07, 6.45) is -0.890. The zero-order valence-corrected chi connectivity index (χ0v) is 20.9. The van der Waals surface area contributed by atoms with E-state index in [9.17, 15) is 9.59 Å². The van der Waals surface area contributed by atoms with Gasteiger partial charge in [-0.2, -0.15) is 0 Å². The third-order valence-electron chi connectivity index (χ3n) is 5.66. The molecule has 0 atom stereocenters.